The van der Waals surface area contributed by atoms with Gasteiger partial charge in [-0.25, -0.2) is 9.97 Å². The molecule has 3 N–H and O–H groups in total. The van der Waals surface area contributed by atoms with Crippen LogP contribution in [-0.2, 0) is 0 Å². The Hall–Kier alpha value is -2.89. The molecule has 0 fully saturated rings. The van der Waals surface area contributed by atoms with Crippen LogP contribution in [-0.4, -0.2) is 21.0 Å². The van der Waals surface area contributed by atoms with E-state index in [2.05, 4.69) is 39.4 Å². The zero-order valence-corrected chi connectivity index (χ0v) is 14.1. The fourth-order valence-electron chi connectivity index (χ4n) is 2.45. The second-order valence-electron chi connectivity index (χ2n) is 5.92. The summed E-state index contributed by atoms with van der Waals surface area (Å²) in [6.45, 7) is 6.16. The first-order chi connectivity index (χ1) is 11.6. The smallest absolute Gasteiger partial charge is 0.259 e. The number of fused-ring (bicyclic) bond motifs is 1. The van der Waals surface area contributed by atoms with Gasteiger partial charge < -0.3 is 15.6 Å². The van der Waals surface area contributed by atoms with Gasteiger partial charge in [0.2, 0.25) is 0 Å². The molecular formula is C18H21N5O. The van der Waals surface area contributed by atoms with Gasteiger partial charge in [-0.05, 0) is 55.5 Å². The lowest BCUT2D eigenvalue weighted by molar-refractivity contribution is 0.760. The number of nitrogens with zero attached hydrogens (tertiary/aromatic N) is 2. The molecule has 1 unspecified atom stereocenters. The summed E-state index contributed by atoms with van der Waals surface area (Å²) in [6, 6.07) is 7.83. The number of nitrogens with one attached hydrogen (secondary N) is 3. The van der Waals surface area contributed by atoms with Crippen LogP contribution in [0.3, 0.4) is 0 Å². The minimum atomic E-state index is -0.147. The van der Waals surface area contributed by atoms with Gasteiger partial charge in [-0.2, -0.15) is 0 Å². The Balaban J connectivity index is 2.07. The van der Waals surface area contributed by atoms with Crippen LogP contribution in [0.4, 0.5) is 17.5 Å². The zero-order valence-electron chi connectivity index (χ0n) is 14.1. The molecule has 3 rings (SSSR count). The summed E-state index contributed by atoms with van der Waals surface area (Å²) in [4.78, 5) is 23.8. The first kappa shape index (κ1) is 16.0. The molecule has 3 aromatic rings. The van der Waals surface area contributed by atoms with E-state index >= 15 is 0 Å². The van der Waals surface area contributed by atoms with Crippen molar-refractivity contribution in [2.45, 2.75) is 33.2 Å². The third-order valence-electron chi connectivity index (χ3n) is 3.92. The van der Waals surface area contributed by atoms with Crippen molar-refractivity contribution in [3.8, 4) is 0 Å². The van der Waals surface area contributed by atoms with Crippen LogP contribution in [0.15, 0.2) is 41.5 Å². The maximum absolute atomic E-state index is 12.2. The van der Waals surface area contributed by atoms with Crippen LogP contribution >= 0.6 is 0 Å². The molecule has 0 aliphatic carbocycles. The average molecular weight is 323 g/mol. The minimum absolute atomic E-state index is 0.147. The van der Waals surface area contributed by atoms with Crippen LogP contribution in [0.2, 0.25) is 0 Å². The lowest BCUT2D eigenvalue weighted by atomic mass is 10.2. The quantitative estimate of drug-likeness (QED) is 0.668. The predicted molar refractivity (Wildman–Crippen MR) is 98.0 cm³/mol. The van der Waals surface area contributed by atoms with E-state index in [9.17, 15) is 4.79 Å². The highest BCUT2D eigenvalue weighted by molar-refractivity contribution is 5.93. The molecule has 0 aromatic carbocycles. The summed E-state index contributed by atoms with van der Waals surface area (Å²) in [6.07, 6.45) is 4.33. The van der Waals surface area contributed by atoms with Gasteiger partial charge in [-0.3, -0.25) is 4.79 Å². The Morgan fingerprint density at radius 3 is 2.83 bits per heavy atom. The van der Waals surface area contributed by atoms with Crippen molar-refractivity contribution in [1.82, 2.24) is 15.0 Å². The SMILES string of the molecule is CCC(C)Nc1nc(Nc2cc(C)ccn2)cc2cc[nH]c(=O)c12. The van der Waals surface area contributed by atoms with E-state index in [1.807, 2.05) is 31.2 Å². The molecule has 0 saturated heterocycles. The van der Waals surface area contributed by atoms with Gasteiger partial charge in [0, 0.05) is 18.4 Å². The number of hydrogen-bond acceptors (Lipinski definition) is 5. The third-order valence-corrected chi connectivity index (χ3v) is 3.92. The van der Waals surface area contributed by atoms with Crippen molar-refractivity contribution in [3.63, 3.8) is 0 Å². The number of anilines is 3. The van der Waals surface area contributed by atoms with Crippen molar-refractivity contribution in [1.29, 1.82) is 0 Å². The van der Waals surface area contributed by atoms with Gasteiger partial charge in [0.15, 0.2) is 0 Å². The second-order valence-corrected chi connectivity index (χ2v) is 5.92. The lowest BCUT2D eigenvalue weighted by Gasteiger charge is -2.15. The topological polar surface area (TPSA) is 82.7 Å². The summed E-state index contributed by atoms with van der Waals surface area (Å²) < 4.78 is 0. The molecule has 0 bridgehead atoms. The molecule has 124 valence electrons. The van der Waals surface area contributed by atoms with E-state index in [4.69, 9.17) is 0 Å². The average Bonchev–Trinajstić information content (AvgIpc) is 2.54. The summed E-state index contributed by atoms with van der Waals surface area (Å²) in [5.74, 6) is 1.96. The number of H-pyrrole nitrogens is 1. The highest BCUT2D eigenvalue weighted by Gasteiger charge is 2.12. The molecule has 0 aliphatic heterocycles. The van der Waals surface area contributed by atoms with Crippen molar-refractivity contribution in [2.75, 3.05) is 10.6 Å². The Kier molecular flexibility index (Phi) is 4.46. The van der Waals surface area contributed by atoms with Crippen LogP contribution in [0, 0.1) is 6.92 Å². The molecule has 0 amide bonds. The Morgan fingerprint density at radius 2 is 2.08 bits per heavy atom. The van der Waals surface area contributed by atoms with Gasteiger partial charge in [0.05, 0.1) is 5.39 Å². The van der Waals surface area contributed by atoms with E-state index in [-0.39, 0.29) is 11.6 Å². The van der Waals surface area contributed by atoms with Gasteiger partial charge in [0.25, 0.3) is 5.56 Å². The molecule has 0 aliphatic rings. The number of hydrogen-bond donors (Lipinski definition) is 3. The number of pyridine rings is 3. The summed E-state index contributed by atoms with van der Waals surface area (Å²) in [7, 11) is 0. The Morgan fingerprint density at radius 1 is 1.25 bits per heavy atom. The standard InChI is InChI=1S/C18H21N5O/c1-4-12(3)21-17-16-13(6-8-20-18(16)24)10-15(23-17)22-14-9-11(2)5-7-19-14/h5-10,12H,4H2,1-3H3,(H,20,24)(H2,19,21,22,23). The van der Waals surface area contributed by atoms with Gasteiger partial charge in [0.1, 0.15) is 17.5 Å². The summed E-state index contributed by atoms with van der Waals surface area (Å²) in [5.41, 5.74) is 0.966. The molecule has 1 atom stereocenters. The maximum atomic E-state index is 12.2. The first-order valence-corrected chi connectivity index (χ1v) is 8.05. The maximum Gasteiger partial charge on any atom is 0.259 e. The molecule has 6 heteroatoms. The van der Waals surface area contributed by atoms with E-state index in [1.54, 1.807) is 12.4 Å². The van der Waals surface area contributed by atoms with Gasteiger partial charge in [-0.15, -0.1) is 0 Å². The second kappa shape index (κ2) is 6.70. The normalized spacial score (nSPS) is 12.1. The number of aromatic nitrogens is 3. The molecule has 6 nitrogen and oxygen atoms in total. The van der Waals surface area contributed by atoms with Crippen molar-refractivity contribution in [2.24, 2.45) is 0 Å². The van der Waals surface area contributed by atoms with E-state index in [0.717, 1.165) is 23.2 Å². The molecule has 0 radical (unpaired) electrons. The molecule has 3 heterocycles. The molecule has 3 aromatic heterocycles. The van der Waals surface area contributed by atoms with Crippen LogP contribution in [0.25, 0.3) is 10.8 Å². The van der Waals surface area contributed by atoms with Crippen molar-refractivity contribution < 1.29 is 0 Å². The van der Waals surface area contributed by atoms with E-state index in [1.165, 1.54) is 0 Å². The predicted octanol–water partition coefficient (Wildman–Crippen LogP) is 3.58. The monoisotopic (exact) mass is 323 g/mol. The zero-order chi connectivity index (χ0) is 17.1. The summed E-state index contributed by atoms with van der Waals surface area (Å²) in [5, 5.41) is 7.93. The fraction of sp³-hybridized carbons (Fsp3) is 0.278. The Labute approximate surface area is 140 Å². The fourth-order valence-corrected chi connectivity index (χ4v) is 2.45. The third kappa shape index (κ3) is 3.37. The van der Waals surface area contributed by atoms with E-state index < -0.39 is 0 Å². The van der Waals surface area contributed by atoms with Crippen LogP contribution in [0.1, 0.15) is 25.8 Å². The van der Waals surface area contributed by atoms with Crippen LogP contribution in [0.5, 0.6) is 0 Å². The van der Waals surface area contributed by atoms with Crippen molar-refractivity contribution >= 4 is 28.2 Å². The molecule has 0 saturated carbocycles. The molecule has 0 spiro atoms. The highest BCUT2D eigenvalue weighted by atomic mass is 16.1. The minimum Gasteiger partial charge on any atom is -0.367 e. The number of aromatic amines is 1. The lowest BCUT2D eigenvalue weighted by Crippen LogP contribution is -2.18. The van der Waals surface area contributed by atoms with Gasteiger partial charge in [-0.1, -0.05) is 6.92 Å². The molecule has 24 heavy (non-hydrogen) atoms. The molecular weight excluding hydrogens is 302 g/mol. The number of aryl methyl sites for hydroxylation is 1. The highest BCUT2D eigenvalue weighted by Crippen LogP contribution is 2.24. The van der Waals surface area contributed by atoms with Crippen molar-refractivity contribution in [3.05, 3.63) is 52.6 Å². The number of rotatable bonds is 5. The largest absolute Gasteiger partial charge is 0.367 e. The first-order valence-electron chi connectivity index (χ1n) is 8.05. The Bertz CT molecular complexity index is 919. The van der Waals surface area contributed by atoms with Crippen LogP contribution < -0.4 is 16.2 Å². The van der Waals surface area contributed by atoms with E-state index in [0.29, 0.717) is 17.0 Å². The summed E-state index contributed by atoms with van der Waals surface area (Å²) >= 11 is 0. The van der Waals surface area contributed by atoms with Gasteiger partial charge >= 0.3 is 0 Å².